The van der Waals surface area contributed by atoms with Crippen LogP contribution in [0.5, 0.6) is 0 Å². The lowest BCUT2D eigenvalue weighted by Crippen LogP contribution is -2.37. The van der Waals surface area contributed by atoms with E-state index in [2.05, 4.69) is 42.2 Å². The van der Waals surface area contributed by atoms with E-state index in [1.54, 1.807) is 14.1 Å². The van der Waals surface area contributed by atoms with Crippen molar-refractivity contribution in [1.82, 2.24) is 31.1 Å². The molecule has 1 heterocycles. The average molecular weight is 391 g/mol. The van der Waals surface area contributed by atoms with Crippen molar-refractivity contribution in [3.63, 3.8) is 0 Å². The monoisotopic (exact) mass is 391 g/mol. The molecule has 0 bridgehead atoms. The van der Waals surface area contributed by atoms with Gasteiger partial charge in [0.1, 0.15) is 6.33 Å². The van der Waals surface area contributed by atoms with E-state index in [-0.39, 0.29) is 5.91 Å². The average Bonchev–Trinajstić information content (AvgIpc) is 3.31. The highest BCUT2D eigenvalue weighted by molar-refractivity contribution is 5.94. The van der Waals surface area contributed by atoms with Crippen LogP contribution in [-0.2, 0) is 13.0 Å². The van der Waals surface area contributed by atoms with E-state index in [1.165, 1.54) is 6.33 Å². The Hall–Kier alpha value is -3.68. The van der Waals surface area contributed by atoms with Gasteiger partial charge in [0, 0.05) is 38.3 Å². The number of aliphatic imine (C=N–C) groups is 1. The second-order valence-electron chi connectivity index (χ2n) is 6.42. The number of H-pyrrole nitrogens is 1. The molecule has 150 valence electrons. The Bertz CT molecular complexity index is 967. The predicted molar refractivity (Wildman–Crippen MR) is 114 cm³/mol. The number of hydrogen-bond acceptors (Lipinski definition) is 4. The van der Waals surface area contributed by atoms with Crippen molar-refractivity contribution in [3.8, 4) is 11.4 Å². The number of carbonyl (C=O) groups excluding carboxylic acids is 1. The summed E-state index contributed by atoms with van der Waals surface area (Å²) in [5.41, 5.74) is 3.86. The zero-order valence-electron chi connectivity index (χ0n) is 16.6. The molecule has 0 spiro atoms. The van der Waals surface area contributed by atoms with Crippen LogP contribution in [0.2, 0.25) is 0 Å². The molecule has 0 saturated carbocycles. The molecule has 29 heavy (non-hydrogen) atoms. The number of amides is 1. The largest absolute Gasteiger partial charge is 0.356 e. The molecule has 0 fully saturated rings. The van der Waals surface area contributed by atoms with Crippen molar-refractivity contribution in [1.29, 1.82) is 0 Å². The summed E-state index contributed by atoms with van der Waals surface area (Å²) in [5, 5.41) is 16.0. The summed E-state index contributed by atoms with van der Waals surface area (Å²) < 4.78 is 0. The molecule has 1 aromatic heterocycles. The third-order valence-electron chi connectivity index (χ3n) is 4.42. The van der Waals surface area contributed by atoms with Gasteiger partial charge in [0.25, 0.3) is 5.91 Å². The third kappa shape index (κ3) is 5.65. The summed E-state index contributed by atoms with van der Waals surface area (Å²) in [6, 6.07) is 15.7. The maximum atomic E-state index is 11.7. The Labute approximate surface area is 169 Å². The van der Waals surface area contributed by atoms with Gasteiger partial charge in [0.2, 0.25) is 0 Å². The fourth-order valence-corrected chi connectivity index (χ4v) is 2.92. The Balaban J connectivity index is 1.50. The molecule has 8 nitrogen and oxygen atoms in total. The molecule has 0 unspecified atom stereocenters. The number of guanidine groups is 1. The Morgan fingerprint density at radius 3 is 2.69 bits per heavy atom. The van der Waals surface area contributed by atoms with Crippen molar-refractivity contribution in [2.24, 2.45) is 4.99 Å². The quantitative estimate of drug-likeness (QED) is 0.363. The van der Waals surface area contributed by atoms with Gasteiger partial charge in [0.15, 0.2) is 11.8 Å². The minimum atomic E-state index is -0.0788. The van der Waals surface area contributed by atoms with Crippen LogP contribution in [0.4, 0.5) is 0 Å². The minimum absolute atomic E-state index is 0.0788. The fourth-order valence-electron chi connectivity index (χ4n) is 2.92. The number of hydrogen-bond donors (Lipinski definition) is 4. The van der Waals surface area contributed by atoms with Gasteiger partial charge in [-0.25, -0.2) is 4.98 Å². The molecule has 3 rings (SSSR count). The van der Waals surface area contributed by atoms with Crippen LogP contribution in [0, 0.1) is 0 Å². The number of nitrogens with zero attached hydrogens (tertiary/aromatic N) is 3. The molecular formula is C21H25N7O. The van der Waals surface area contributed by atoms with Gasteiger partial charge in [0.05, 0.1) is 0 Å². The maximum Gasteiger partial charge on any atom is 0.251 e. The lowest BCUT2D eigenvalue weighted by atomic mass is 10.1. The molecule has 3 aromatic rings. The highest BCUT2D eigenvalue weighted by Crippen LogP contribution is 2.15. The van der Waals surface area contributed by atoms with Crippen molar-refractivity contribution < 1.29 is 4.79 Å². The second-order valence-corrected chi connectivity index (χ2v) is 6.42. The third-order valence-corrected chi connectivity index (χ3v) is 4.42. The number of aromatic amines is 1. The molecular weight excluding hydrogens is 366 g/mol. The van der Waals surface area contributed by atoms with Crippen molar-refractivity contribution in [2.45, 2.75) is 13.0 Å². The zero-order valence-corrected chi connectivity index (χ0v) is 16.6. The van der Waals surface area contributed by atoms with Crippen LogP contribution >= 0.6 is 0 Å². The van der Waals surface area contributed by atoms with E-state index >= 15 is 0 Å². The van der Waals surface area contributed by atoms with Crippen LogP contribution in [0.25, 0.3) is 11.4 Å². The summed E-state index contributed by atoms with van der Waals surface area (Å²) in [4.78, 5) is 20.2. The topological polar surface area (TPSA) is 107 Å². The van der Waals surface area contributed by atoms with E-state index in [9.17, 15) is 4.79 Å². The van der Waals surface area contributed by atoms with Gasteiger partial charge in [-0.15, -0.1) is 0 Å². The first-order valence-electron chi connectivity index (χ1n) is 9.40. The van der Waals surface area contributed by atoms with Crippen LogP contribution < -0.4 is 16.0 Å². The molecule has 2 aromatic carbocycles. The SMILES string of the molecule is CN=C(NCCc1cccc(C(=O)NC)c1)NCc1cccc(-c2ncn[nH]2)c1. The van der Waals surface area contributed by atoms with E-state index in [0.717, 1.165) is 34.9 Å². The highest BCUT2D eigenvalue weighted by atomic mass is 16.1. The molecule has 0 radical (unpaired) electrons. The Morgan fingerprint density at radius 2 is 1.93 bits per heavy atom. The number of aromatic nitrogens is 3. The standard InChI is InChI=1S/C21H25N7O/c1-22-20(29)18-8-3-5-15(11-18)9-10-24-21(23-2)25-13-16-6-4-7-17(12-16)19-26-14-27-28-19/h3-8,11-12,14H,9-10,13H2,1-2H3,(H,22,29)(H2,23,24,25)(H,26,27,28). The lowest BCUT2D eigenvalue weighted by molar-refractivity contribution is 0.0963. The van der Waals surface area contributed by atoms with Gasteiger partial charge >= 0.3 is 0 Å². The summed E-state index contributed by atoms with van der Waals surface area (Å²) in [7, 11) is 3.37. The van der Waals surface area contributed by atoms with Crippen molar-refractivity contribution >= 4 is 11.9 Å². The van der Waals surface area contributed by atoms with Gasteiger partial charge in [-0.2, -0.15) is 5.10 Å². The molecule has 8 heteroatoms. The van der Waals surface area contributed by atoms with Crippen LogP contribution in [0.15, 0.2) is 59.9 Å². The summed E-state index contributed by atoms with van der Waals surface area (Å²) in [5.74, 6) is 1.38. The molecule has 0 aliphatic rings. The minimum Gasteiger partial charge on any atom is -0.356 e. The molecule has 0 aliphatic heterocycles. The fraction of sp³-hybridized carbons (Fsp3) is 0.238. The highest BCUT2D eigenvalue weighted by Gasteiger charge is 2.05. The number of carbonyl (C=O) groups is 1. The number of rotatable bonds is 7. The smallest absolute Gasteiger partial charge is 0.251 e. The van der Waals surface area contributed by atoms with Crippen LogP contribution in [-0.4, -0.2) is 47.7 Å². The first kappa shape index (κ1) is 20.1. The molecule has 0 saturated heterocycles. The van der Waals surface area contributed by atoms with Crippen LogP contribution in [0.3, 0.4) is 0 Å². The zero-order chi connectivity index (χ0) is 20.5. The second kappa shape index (κ2) is 10.0. The van der Waals surface area contributed by atoms with Gasteiger partial charge in [-0.3, -0.25) is 14.9 Å². The number of benzene rings is 2. The van der Waals surface area contributed by atoms with Crippen LogP contribution in [0.1, 0.15) is 21.5 Å². The van der Waals surface area contributed by atoms with Gasteiger partial charge in [-0.1, -0.05) is 30.3 Å². The van der Waals surface area contributed by atoms with E-state index in [1.807, 2.05) is 42.5 Å². The molecule has 0 atom stereocenters. The summed E-state index contributed by atoms with van der Waals surface area (Å²) in [6.07, 6.45) is 2.28. The van der Waals surface area contributed by atoms with Gasteiger partial charge < -0.3 is 16.0 Å². The first-order valence-corrected chi connectivity index (χ1v) is 9.40. The normalized spacial score (nSPS) is 11.2. The Morgan fingerprint density at radius 1 is 1.10 bits per heavy atom. The lowest BCUT2D eigenvalue weighted by Gasteiger charge is -2.12. The van der Waals surface area contributed by atoms with Crippen molar-refractivity contribution in [2.75, 3.05) is 20.6 Å². The van der Waals surface area contributed by atoms with E-state index in [0.29, 0.717) is 18.7 Å². The van der Waals surface area contributed by atoms with Gasteiger partial charge in [-0.05, 0) is 35.7 Å². The Kier molecular flexibility index (Phi) is 6.94. The molecule has 0 aliphatic carbocycles. The van der Waals surface area contributed by atoms with Crippen molar-refractivity contribution in [3.05, 3.63) is 71.5 Å². The number of nitrogens with one attached hydrogen (secondary N) is 4. The molecule has 1 amide bonds. The summed E-state index contributed by atoms with van der Waals surface area (Å²) >= 11 is 0. The maximum absolute atomic E-state index is 11.7. The molecule has 4 N–H and O–H groups in total. The first-order chi connectivity index (χ1) is 14.2. The summed E-state index contributed by atoms with van der Waals surface area (Å²) in [6.45, 7) is 1.34. The van der Waals surface area contributed by atoms with E-state index < -0.39 is 0 Å². The van der Waals surface area contributed by atoms with E-state index in [4.69, 9.17) is 0 Å². The predicted octanol–water partition coefficient (Wildman–Crippen LogP) is 1.74.